The molecule has 20 heavy (non-hydrogen) atoms. The zero-order valence-corrected chi connectivity index (χ0v) is 13.7. The third kappa shape index (κ3) is 5.37. The highest BCUT2D eigenvalue weighted by atomic mass is 15.2. The monoisotopic (exact) mass is 280 g/mol. The molecule has 2 fully saturated rings. The summed E-state index contributed by atoms with van der Waals surface area (Å²) >= 11 is 0. The molecule has 0 spiro atoms. The van der Waals surface area contributed by atoms with E-state index in [4.69, 9.17) is 0 Å². The molecule has 1 unspecified atom stereocenters. The predicted octanol–water partition coefficient (Wildman–Crippen LogP) is 4.34. The summed E-state index contributed by atoms with van der Waals surface area (Å²) in [6.45, 7) is 2.55. The van der Waals surface area contributed by atoms with E-state index >= 15 is 0 Å². The lowest BCUT2D eigenvalue weighted by atomic mass is 9.96. The summed E-state index contributed by atoms with van der Waals surface area (Å²) in [5, 5.41) is 3.41. The summed E-state index contributed by atoms with van der Waals surface area (Å²) in [5.74, 6) is 0. The van der Waals surface area contributed by atoms with Crippen molar-refractivity contribution in [1.82, 2.24) is 10.2 Å². The average Bonchev–Trinajstić information content (AvgIpc) is 2.88. The van der Waals surface area contributed by atoms with E-state index in [2.05, 4.69) is 17.3 Å². The van der Waals surface area contributed by atoms with E-state index in [0.717, 1.165) is 12.1 Å². The van der Waals surface area contributed by atoms with Gasteiger partial charge in [-0.2, -0.15) is 0 Å². The molecule has 0 aromatic carbocycles. The Bertz CT molecular complexity index is 230. The maximum atomic E-state index is 3.41. The Balaban J connectivity index is 1.84. The summed E-state index contributed by atoms with van der Waals surface area (Å²) < 4.78 is 0. The fraction of sp³-hybridized carbons (Fsp3) is 1.00. The van der Waals surface area contributed by atoms with Crippen molar-refractivity contribution < 1.29 is 0 Å². The van der Waals surface area contributed by atoms with E-state index in [1.54, 1.807) is 0 Å². The lowest BCUT2D eigenvalue weighted by molar-refractivity contribution is 0.154. The van der Waals surface area contributed by atoms with E-state index < -0.39 is 0 Å². The van der Waals surface area contributed by atoms with E-state index in [1.807, 2.05) is 0 Å². The molecule has 0 aromatic rings. The van der Waals surface area contributed by atoms with Crippen LogP contribution in [0.15, 0.2) is 0 Å². The molecule has 1 heterocycles. The van der Waals surface area contributed by atoms with Crippen molar-refractivity contribution in [1.29, 1.82) is 0 Å². The summed E-state index contributed by atoms with van der Waals surface area (Å²) in [4.78, 5) is 2.86. The largest absolute Gasteiger partial charge is 0.318 e. The summed E-state index contributed by atoms with van der Waals surface area (Å²) in [5.41, 5.74) is 0. The van der Waals surface area contributed by atoms with Gasteiger partial charge in [-0.05, 0) is 39.3 Å². The van der Waals surface area contributed by atoms with Crippen LogP contribution in [0, 0.1) is 0 Å². The fourth-order valence-corrected chi connectivity index (χ4v) is 4.27. The van der Waals surface area contributed by atoms with Crippen molar-refractivity contribution >= 4 is 0 Å². The smallest absolute Gasteiger partial charge is 0.0223 e. The quantitative estimate of drug-likeness (QED) is 0.827. The number of hydrogen-bond donors (Lipinski definition) is 1. The van der Waals surface area contributed by atoms with Gasteiger partial charge in [0.25, 0.3) is 0 Å². The minimum Gasteiger partial charge on any atom is -0.318 e. The van der Waals surface area contributed by atoms with Gasteiger partial charge < -0.3 is 5.32 Å². The van der Waals surface area contributed by atoms with Gasteiger partial charge in [-0.3, -0.25) is 4.90 Å². The van der Waals surface area contributed by atoms with E-state index in [0.29, 0.717) is 0 Å². The zero-order chi connectivity index (χ0) is 14.0. The Kier molecular flexibility index (Phi) is 7.97. The Morgan fingerprint density at radius 3 is 1.85 bits per heavy atom. The first-order valence-electron chi connectivity index (χ1n) is 9.32. The first-order valence-corrected chi connectivity index (χ1v) is 9.32. The molecule has 0 radical (unpaired) electrons. The van der Waals surface area contributed by atoms with E-state index in [-0.39, 0.29) is 0 Å². The van der Waals surface area contributed by atoms with Crippen LogP contribution in [0.5, 0.6) is 0 Å². The lowest BCUT2D eigenvalue weighted by Gasteiger charge is -2.33. The van der Waals surface area contributed by atoms with Crippen molar-refractivity contribution in [2.24, 2.45) is 0 Å². The zero-order valence-electron chi connectivity index (χ0n) is 13.7. The minimum atomic E-state index is 0.818. The second kappa shape index (κ2) is 9.78. The van der Waals surface area contributed by atoms with Crippen molar-refractivity contribution in [3.05, 3.63) is 0 Å². The third-order valence-electron chi connectivity index (χ3n) is 5.41. The summed E-state index contributed by atoms with van der Waals surface area (Å²) in [6.07, 6.45) is 19.0. The Labute approximate surface area is 126 Å². The molecule has 2 rings (SSSR count). The van der Waals surface area contributed by atoms with Crippen LogP contribution in [0.3, 0.4) is 0 Å². The first-order chi connectivity index (χ1) is 9.92. The van der Waals surface area contributed by atoms with Gasteiger partial charge in [0.2, 0.25) is 0 Å². The van der Waals surface area contributed by atoms with Gasteiger partial charge in [-0.25, -0.2) is 0 Å². The van der Waals surface area contributed by atoms with Gasteiger partial charge in [0.05, 0.1) is 0 Å². The summed E-state index contributed by atoms with van der Waals surface area (Å²) in [7, 11) is 2.11. The Morgan fingerprint density at radius 1 is 0.750 bits per heavy atom. The van der Waals surface area contributed by atoms with Crippen LogP contribution < -0.4 is 5.32 Å². The number of hydrogen-bond acceptors (Lipinski definition) is 2. The standard InChI is InChI=1S/C18H36N2/c1-19-16-18-14-11-15-20(18)17-12-9-7-5-3-2-4-6-8-10-13-17/h17-19H,2-16H2,1H3. The highest BCUT2D eigenvalue weighted by Crippen LogP contribution is 2.27. The molecule has 1 N–H and O–H groups in total. The van der Waals surface area contributed by atoms with Crippen molar-refractivity contribution in [3.63, 3.8) is 0 Å². The predicted molar refractivity (Wildman–Crippen MR) is 88.2 cm³/mol. The first kappa shape index (κ1) is 16.3. The highest BCUT2D eigenvalue weighted by Gasteiger charge is 2.29. The highest BCUT2D eigenvalue weighted by molar-refractivity contribution is 4.86. The van der Waals surface area contributed by atoms with Crippen LogP contribution in [0.25, 0.3) is 0 Å². The number of likely N-dealkylation sites (N-methyl/N-ethyl adjacent to an activating group) is 1. The normalized spacial score (nSPS) is 28.9. The molecule has 0 amide bonds. The van der Waals surface area contributed by atoms with Crippen LogP contribution in [-0.4, -0.2) is 37.1 Å². The Morgan fingerprint density at radius 2 is 1.30 bits per heavy atom. The minimum absolute atomic E-state index is 0.818. The van der Waals surface area contributed by atoms with Gasteiger partial charge in [0, 0.05) is 18.6 Å². The SMILES string of the molecule is CNCC1CCCN1C1CCCCCCCCCCC1. The second-order valence-corrected chi connectivity index (χ2v) is 7.00. The van der Waals surface area contributed by atoms with Crippen LogP contribution in [0.4, 0.5) is 0 Å². The molecule has 1 saturated heterocycles. The molecular weight excluding hydrogens is 244 g/mol. The molecule has 0 bridgehead atoms. The van der Waals surface area contributed by atoms with Crippen LogP contribution >= 0.6 is 0 Å². The van der Waals surface area contributed by atoms with E-state index in [9.17, 15) is 0 Å². The van der Waals surface area contributed by atoms with Crippen molar-refractivity contribution in [3.8, 4) is 0 Å². The van der Waals surface area contributed by atoms with E-state index in [1.165, 1.54) is 96.6 Å². The number of likely N-dealkylation sites (tertiary alicyclic amines) is 1. The molecule has 1 aliphatic carbocycles. The van der Waals surface area contributed by atoms with Crippen molar-refractivity contribution in [2.75, 3.05) is 20.1 Å². The summed E-state index contributed by atoms with van der Waals surface area (Å²) in [6, 6.07) is 1.70. The topological polar surface area (TPSA) is 15.3 Å². The third-order valence-corrected chi connectivity index (χ3v) is 5.41. The van der Waals surface area contributed by atoms with Gasteiger partial charge in [0.15, 0.2) is 0 Å². The lowest BCUT2D eigenvalue weighted by Crippen LogP contribution is -2.43. The van der Waals surface area contributed by atoms with Crippen LogP contribution in [-0.2, 0) is 0 Å². The maximum Gasteiger partial charge on any atom is 0.0223 e. The van der Waals surface area contributed by atoms with Crippen LogP contribution in [0.1, 0.15) is 83.5 Å². The molecule has 1 atom stereocenters. The second-order valence-electron chi connectivity index (χ2n) is 7.00. The molecular formula is C18H36N2. The van der Waals surface area contributed by atoms with Gasteiger partial charge >= 0.3 is 0 Å². The molecule has 1 aliphatic heterocycles. The number of rotatable bonds is 3. The van der Waals surface area contributed by atoms with Crippen LogP contribution in [0.2, 0.25) is 0 Å². The fourth-order valence-electron chi connectivity index (χ4n) is 4.27. The molecule has 2 heteroatoms. The van der Waals surface area contributed by atoms with Gasteiger partial charge in [-0.15, -0.1) is 0 Å². The average molecular weight is 280 g/mol. The Hall–Kier alpha value is -0.0800. The van der Waals surface area contributed by atoms with Crippen molar-refractivity contribution in [2.45, 2.75) is 95.6 Å². The molecule has 1 saturated carbocycles. The molecule has 0 aromatic heterocycles. The molecule has 2 aliphatic rings. The van der Waals surface area contributed by atoms with Gasteiger partial charge in [0.1, 0.15) is 0 Å². The number of nitrogens with zero attached hydrogens (tertiary/aromatic N) is 1. The number of nitrogens with one attached hydrogen (secondary N) is 1. The molecule has 2 nitrogen and oxygen atoms in total. The maximum absolute atomic E-state index is 3.41. The van der Waals surface area contributed by atoms with Gasteiger partial charge in [-0.1, -0.05) is 57.8 Å². The molecule has 118 valence electrons.